The summed E-state index contributed by atoms with van der Waals surface area (Å²) < 4.78 is 34.8. The maximum Gasteiger partial charge on any atom is 0.267 e. The van der Waals surface area contributed by atoms with Crippen molar-refractivity contribution in [2.24, 2.45) is 0 Å². The van der Waals surface area contributed by atoms with Gasteiger partial charge in [-0.1, -0.05) is 11.6 Å². The molecular formula is C10H9ClF2O3. The summed E-state index contributed by atoms with van der Waals surface area (Å²) in [6, 6.07) is 2.29. The van der Waals surface area contributed by atoms with E-state index >= 15 is 0 Å². The lowest BCUT2D eigenvalue weighted by atomic mass is 10.1. The molecule has 0 N–H and O–H groups in total. The SMILES string of the molecule is COCOc1c(Cl)cc(C=O)cc1C(F)F. The number of benzene rings is 1. The van der Waals surface area contributed by atoms with E-state index in [4.69, 9.17) is 16.3 Å². The molecule has 6 heteroatoms. The number of carbonyl (C=O) groups is 1. The van der Waals surface area contributed by atoms with E-state index in [-0.39, 0.29) is 23.1 Å². The third-order valence-electron chi connectivity index (χ3n) is 1.79. The van der Waals surface area contributed by atoms with Crippen molar-refractivity contribution in [1.82, 2.24) is 0 Å². The molecule has 1 rings (SSSR count). The smallest absolute Gasteiger partial charge is 0.267 e. The lowest BCUT2D eigenvalue weighted by molar-refractivity contribution is 0.0468. The Morgan fingerprint density at radius 3 is 2.69 bits per heavy atom. The highest BCUT2D eigenvalue weighted by Gasteiger charge is 2.18. The topological polar surface area (TPSA) is 35.5 Å². The summed E-state index contributed by atoms with van der Waals surface area (Å²) >= 11 is 5.72. The Labute approximate surface area is 95.9 Å². The van der Waals surface area contributed by atoms with Crippen LogP contribution in [0.5, 0.6) is 5.75 Å². The predicted octanol–water partition coefficient (Wildman–Crippen LogP) is 3.07. The molecule has 0 aliphatic rings. The van der Waals surface area contributed by atoms with Gasteiger partial charge in [0.05, 0.1) is 10.6 Å². The van der Waals surface area contributed by atoms with E-state index in [1.165, 1.54) is 13.2 Å². The molecule has 0 radical (unpaired) electrons. The second-order valence-corrected chi connectivity index (χ2v) is 3.30. The zero-order valence-electron chi connectivity index (χ0n) is 8.38. The standard InChI is InChI=1S/C10H9ClF2O3/c1-15-5-16-9-7(10(12)13)2-6(4-14)3-8(9)11/h2-4,10H,5H2,1H3. The molecular weight excluding hydrogens is 242 g/mol. The number of halogens is 3. The predicted molar refractivity (Wildman–Crippen MR) is 54.3 cm³/mol. The van der Waals surface area contributed by atoms with Crippen LogP contribution in [0.15, 0.2) is 12.1 Å². The highest BCUT2D eigenvalue weighted by Crippen LogP contribution is 2.36. The van der Waals surface area contributed by atoms with Gasteiger partial charge in [-0.3, -0.25) is 4.79 Å². The Balaban J connectivity index is 3.17. The Morgan fingerprint density at radius 1 is 1.50 bits per heavy atom. The highest BCUT2D eigenvalue weighted by atomic mass is 35.5. The molecule has 88 valence electrons. The molecule has 0 spiro atoms. The van der Waals surface area contributed by atoms with Gasteiger partial charge >= 0.3 is 0 Å². The third kappa shape index (κ3) is 2.90. The van der Waals surface area contributed by atoms with E-state index in [1.54, 1.807) is 0 Å². The van der Waals surface area contributed by atoms with Crippen LogP contribution in [-0.2, 0) is 4.74 Å². The van der Waals surface area contributed by atoms with E-state index in [0.717, 1.165) is 6.07 Å². The molecule has 16 heavy (non-hydrogen) atoms. The van der Waals surface area contributed by atoms with Crippen molar-refractivity contribution >= 4 is 17.9 Å². The van der Waals surface area contributed by atoms with E-state index in [1.807, 2.05) is 0 Å². The lowest BCUT2D eigenvalue weighted by Crippen LogP contribution is -2.03. The average molecular weight is 251 g/mol. The van der Waals surface area contributed by atoms with Gasteiger partial charge in [0, 0.05) is 12.7 Å². The Hall–Kier alpha value is -1.20. The monoisotopic (exact) mass is 250 g/mol. The number of alkyl halides is 2. The number of aldehydes is 1. The van der Waals surface area contributed by atoms with Crippen LogP contribution in [0.3, 0.4) is 0 Å². The number of methoxy groups -OCH3 is 1. The molecule has 0 aliphatic carbocycles. The minimum absolute atomic E-state index is 0.0445. The molecule has 0 amide bonds. The van der Waals surface area contributed by atoms with Crippen molar-refractivity contribution in [3.63, 3.8) is 0 Å². The molecule has 3 nitrogen and oxygen atoms in total. The Kier molecular flexibility index (Phi) is 4.64. The first-order valence-corrected chi connectivity index (χ1v) is 4.66. The van der Waals surface area contributed by atoms with Gasteiger partial charge in [-0.15, -0.1) is 0 Å². The Morgan fingerprint density at radius 2 is 2.19 bits per heavy atom. The first-order chi connectivity index (χ1) is 7.60. The minimum atomic E-state index is -2.77. The fourth-order valence-electron chi connectivity index (χ4n) is 1.14. The maximum atomic E-state index is 12.7. The fraction of sp³-hybridized carbons (Fsp3) is 0.300. The lowest BCUT2D eigenvalue weighted by Gasteiger charge is -2.12. The van der Waals surface area contributed by atoms with Crippen LogP contribution in [-0.4, -0.2) is 20.2 Å². The van der Waals surface area contributed by atoms with Crippen LogP contribution in [0.4, 0.5) is 8.78 Å². The second kappa shape index (κ2) is 5.77. The molecule has 1 aromatic carbocycles. The largest absolute Gasteiger partial charge is 0.465 e. The van der Waals surface area contributed by atoms with Crippen LogP contribution in [0.1, 0.15) is 22.3 Å². The molecule has 1 aromatic rings. The quantitative estimate of drug-likeness (QED) is 0.595. The summed E-state index contributed by atoms with van der Waals surface area (Å²) in [6.45, 7) is -0.195. The highest BCUT2D eigenvalue weighted by molar-refractivity contribution is 6.32. The summed E-state index contributed by atoms with van der Waals surface area (Å²) in [5.41, 5.74) is -0.350. The van der Waals surface area contributed by atoms with Gasteiger partial charge in [0.2, 0.25) is 0 Å². The summed E-state index contributed by atoms with van der Waals surface area (Å²) in [5, 5.41) is -0.0445. The number of rotatable bonds is 5. The molecule has 0 aliphatic heterocycles. The molecule has 0 unspecified atom stereocenters. The average Bonchev–Trinajstić information content (AvgIpc) is 2.26. The van der Waals surface area contributed by atoms with Crippen molar-refractivity contribution < 1.29 is 23.0 Å². The first-order valence-electron chi connectivity index (χ1n) is 4.28. The van der Waals surface area contributed by atoms with Crippen LogP contribution in [0, 0.1) is 0 Å². The van der Waals surface area contributed by atoms with Crippen molar-refractivity contribution in [2.45, 2.75) is 6.43 Å². The van der Waals surface area contributed by atoms with Gasteiger partial charge in [0.15, 0.2) is 6.79 Å². The Bertz CT molecular complexity index is 383. The van der Waals surface area contributed by atoms with E-state index < -0.39 is 12.0 Å². The van der Waals surface area contributed by atoms with Crippen LogP contribution < -0.4 is 4.74 Å². The first kappa shape index (κ1) is 12.9. The van der Waals surface area contributed by atoms with Gasteiger partial charge in [0.25, 0.3) is 6.43 Å². The molecule has 0 bridgehead atoms. The second-order valence-electron chi connectivity index (χ2n) is 2.89. The number of carbonyl (C=O) groups excluding carboxylic acids is 1. The van der Waals surface area contributed by atoms with Crippen molar-refractivity contribution in [2.75, 3.05) is 13.9 Å². The minimum Gasteiger partial charge on any atom is -0.465 e. The maximum absolute atomic E-state index is 12.7. The summed E-state index contributed by atoms with van der Waals surface area (Å²) in [5.74, 6) is -0.163. The van der Waals surface area contributed by atoms with E-state index in [9.17, 15) is 13.6 Å². The molecule has 0 fully saturated rings. The van der Waals surface area contributed by atoms with Gasteiger partial charge in [-0.25, -0.2) is 8.78 Å². The molecule has 0 saturated heterocycles. The van der Waals surface area contributed by atoms with Crippen LogP contribution >= 0.6 is 11.6 Å². The normalized spacial score (nSPS) is 10.6. The molecule has 0 aromatic heterocycles. The number of ether oxygens (including phenoxy) is 2. The summed E-state index contributed by atoms with van der Waals surface area (Å²) in [4.78, 5) is 10.5. The van der Waals surface area contributed by atoms with Crippen molar-refractivity contribution in [3.8, 4) is 5.75 Å². The number of hydrogen-bond donors (Lipinski definition) is 0. The van der Waals surface area contributed by atoms with Crippen molar-refractivity contribution in [1.29, 1.82) is 0 Å². The van der Waals surface area contributed by atoms with Gasteiger partial charge < -0.3 is 9.47 Å². The molecule has 0 saturated carbocycles. The summed E-state index contributed by atoms with van der Waals surface area (Å²) in [7, 11) is 1.36. The van der Waals surface area contributed by atoms with Crippen molar-refractivity contribution in [3.05, 3.63) is 28.3 Å². The van der Waals surface area contributed by atoms with E-state index in [2.05, 4.69) is 4.74 Å². The molecule has 0 heterocycles. The van der Waals surface area contributed by atoms with Gasteiger partial charge in [0.1, 0.15) is 12.0 Å². The van der Waals surface area contributed by atoms with Gasteiger partial charge in [-0.2, -0.15) is 0 Å². The third-order valence-corrected chi connectivity index (χ3v) is 2.07. The number of hydrogen-bond acceptors (Lipinski definition) is 3. The zero-order valence-corrected chi connectivity index (χ0v) is 9.13. The summed E-state index contributed by atoms with van der Waals surface area (Å²) in [6.07, 6.45) is -2.33. The molecule has 0 atom stereocenters. The van der Waals surface area contributed by atoms with Gasteiger partial charge in [-0.05, 0) is 12.1 Å². The van der Waals surface area contributed by atoms with Crippen LogP contribution in [0.25, 0.3) is 0 Å². The van der Waals surface area contributed by atoms with E-state index in [0.29, 0.717) is 6.29 Å². The zero-order chi connectivity index (χ0) is 12.1. The van der Waals surface area contributed by atoms with Crippen LogP contribution in [0.2, 0.25) is 5.02 Å². The fourth-order valence-corrected chi connectivity index (χ4v) is 1.43.